The fourth-order valence-electron chi connectivity index (χ4n) is 1.51. The summed E-state index contributed by atoms with van der Waals surface area (Å²) in [6.07, 6.45) is -0.888. The van der Waals surface area contributed by atoms with Gasteiger partial charge < -0.3 is 9.88 Å². The highest BCUT2D eigenvalue weighted by Gasteiger charge is 2.28. The summed E-state index contributed by atoms with van der Waals surface area (Å²) in [5.41, 5.74) is -0.430. The first-order chi connectivity index (χ1) is 9.35. The van der Waals surface area contributed by atoms with Crippen LogP contribution in [0, 0.1) is 0 Å². The van der Waals surface area contributed by atoms with Crippen LogP contribution in [0.4, 0.5) is 13.2 Å². The molecule has 0 radical (unpaired) electrons. The van der Waals surface area contributed by atoms with Crippen LogP contribution in [0.5, 0.6) is 0 Å². The molecule has 1 N–H and O–H groups in total. The maximum absolute atomic E-state index is 11.9. The smallest absolute Gasteiger partial charge is 0.346 e. The molecule has 1 amide bonds. The summed E-state index contributed by atoms with van der Waals surface area (Å²) in [6, 6.07) is 1.59. The highest BCUT2D eigenvalue weighted by molar-refractivity contribution is 7.99. The normalized spacial score (nSPS) is 15.2. The van der Waals surface area contributed by atoms with Crippen molar-refractivity contribution in [1.29, 1.82) is 0 Å². The van der Waals surface area contributed by atoms with Crippen LogP contribution in [-0.4, -0.2) is 33.9 Å². The van der Waals surface area contributed by atoms with E-state index in [4.69, 9.17) is 0 Å². The van der Waals surface area contributed by atoms with Crippen molar-refractivity contribution < 1.29 is 18.0 Å². The fourth-order valence-corrected chi connectivity index (χ4v) is 2.39. The van der Waals surface area contributed by atoms with Gasteiger partial charge >= 0.3 is 6.18 Å². The van der Waals surface area contributed by atoms with Crippen LogP contribution in [0.15, 0.2) is 22.2 Å². The van der Waals surface area contributed by atoms with Crippen LogP contribution >= 0.6 is 11.8 Å². The van der Waals surface area contributed by atoms with Crippen molar-refractivity contribution in [3.8, 4) is 0 Å². The van der Waals surface area contributed by atoms with E-state index in [-0.39, 0.29) is 11.8 Å². The number of nitrogens with zero attached hydrogens (tertiary/aromatic N) is 2. The Kier molecular flexibility index (Phi) is 4.36. The van der Waals surface area contributed by atoms with Crippen molar-refractivity contribution >= 4 is 17.7 Å². The minimum atomic E-state index is -4.43. The van der Waals surface area contributed by atoms with Gasteiger partial charge in [0, 0.05) is 18.3 Å². The summed E-state index contributed by atoms with van der Waals surface area (Å²) in [5.74, 6) is -0.952. The van der Waals surface area contributed by atoms with Crippen LogP contribution in [-0.2, 0) is 4.79 Å². The second-order valence-corrected chi connectivity index (χ2v) is 5.31. The van der Waals surface area contributed by atoms with E-state index in [1.807, 2.05) is 0 Å². The Bertz CT molecular complexity index is 555. The monoisotopic (exact) mass is 307 g/mol. The zero-order valence-electron chi connectivity index (χ0n) is 10.3. The fraction of sp³-hybridized carbons (Fsp3) is 0.545. The number of halogens is 3. The maximum Gasteiger partial charge on any atom is 0.405 e. The predicted molar refractivity (Wildman–Crippen MR) is 66.6 cm³/mol. The molecular weight excluding hydrogens is 295 g/mol. The van der Waals surface area contributed by atoms with Crippen molar-refractivity contribution in [3.63, 3.8) is 0 Å². The Morgan fingerprint density at radius 3 is 2.80 bits per heavy atom. The topological polar surface area (TPSA) is 64.0 Å². The average molecular weight is 307 g/mol. The number of aromatic nitrogens is 2. The first kappa shape index (κ1) is 14.9. The molecule has 0 bridgehead atoms. The third-order valence-corrected chi connectivity index (χ3v) is 3.53. The second-order valence-electron chi connectivity index (χ2n) is 4.37. The summed E-state index contributed by atoms with van der Waals surface area (Å²) in [4.78, 5) is 26.3. The van der Waals surface area contributed by atoms with Crippen LogP contribution < -0.4 is 10.9 Å². The molecule has 5 nitrogen and oxygen atoms in total. The van der Waals surface area contributed by atoms with Gasteiger partial charge in [-0.15, -0.1) is 0 Å². The molecular formula is C11H12F3N3O2S. The summed E-state index contributed by atoms with van der Waals surface area (Å²) < 4.78 is 37.6. The maximum atomic E-state index is 11.9. The largest absolute Gasteiger partial charge is 0.405 e. The lowest BCUT2D eigenvalue weighted by atomic mass is 10.6. The molecule has 20 heavy (non-hydrogen) atoms. The van der Waals surface area contributed by atoms with Crippen molar-refractivity contribution in [3.05, 3.63) is 22.6 Å². The summed E-state index contributed by atoms with van der Waals surface area (Å²) in [6.45, 7) is -1.36. The van der Waals surface area contributed by atoms with E-state index in [0.717, 1.165) is 24.6 Å². The number of rotatable bonds is 5. The number of nitrogens with one attached hydrogen (secondary N) is 1. The summed E-state index contributed by atoms with van der Waals surface area (Å²) >= 11 is 0.961. The van der Waals surface area contributed by atoms with Crippen molar-refractivity contribution in [2.45, 2.75) is 30.2 Å². The number of carbonyl (C=O) groups is 1. The number of hydrogen-bond donors (Lipinski definition) is 1. The van der Waals surface area contributed by atoms with Gasteiger partial charge in [-0.25, -0.2) is 0 Å². The van der Waals surface area contributed by atoms with Crippen LogP contribution in [0.25, 0.3) is 0 Å². The van der Waals surface area contributed by atoms with Crippen molar-refractivity contribution in [2.75, 3.05) is 12.3 Å². The van der Waals surface area contributed by atoms with E-state index in [1.54, 1.807) is 16.1 Å². The van der Waals surface area contributed by atoms with E-state index in [0.29, 0.717) is 5.16 Å². The molecule has 0 aliphatic heterocycles. The Morgan fingerprint density at radius 1 is 1.50 bits per heavy atom. The van der Waals surface area contributed by atoms with Gasteiger partial charge in [-0.1, -0.05) is 11.8 Å². The zero-order valence-corrected chi connectivity index (χ0v) is 11.1. The summed E-state index contributed by atoms with van der Waals surface area (Å²) in [5, 5.41) is 2.13. The minimum absolute atomic E-state index is 0.209. The van der Waals surface area contributed by atoms with Gasteiger partial charge in [0.2, 0.25) is 5.91 Å². The molecule has 1 saturated carbocycles. The van der Waals surface area contributed by atoms with Gasteiger partial charge in [-0.05, 0) is 12.8 Å². The number of alkyl halides is 3. The van der Waals surface area contributed by atoms with Crippen LogP contribution in [0.2, 0.25) is 0 Å². The van der Waals surface area contributed by atoms with E-state index in [9.17, 15) is 22.8 Å². The molecule has 1 heterocycles. The Morgan fingerprint density at radius 2 is 2.20 bits per heavy atom. The van der Waals surface area contributed by atoms with E-state index in [2.05, 4.69) is 4.98 Å². The number of thioether (sulfide) groups is 1. The average Bonchev–Trinajstić information content (AvgIpc) is 3.17. The Labute approximate surface area is 116 Å². The zero-order chi connectivity index (χ0) is 14.8. The lowest BCUT2D eigenvalue weighted by molar-refractivity contribution is -0.136. The molecule has 0 spiro atoms. The molecule has 1 aliphatic rings. The molecule has 0 unspecified atom stereocenters. The number of carbonyl (C=O) groups excluding carboxylic acids is 1. The highest BCUT2D eigenvalue weighted by Crippen LogP contribution is 2.36. The summed E-state index contributed by atoms with van der Waals surface area (Å²) in [7, 11) is 0. The van der Waals surface area contributed by atoms with Gasteiger partial charge in [-0.2, -0.15) is 18.2 Å². The standard InChI is InChI=1S/C11H12F3N3O2S/c12-11(13,14)6-15-9(19)5-20-10-16-8(18)3-4-17(10)7-1-2-7/h3-4,7H,1-2,5-6H2,(H,15,19). The number of amides is 1. The van der Waals surface area contributed by atoms with Crippen molar-refractivity contribution in [2.24, 2.45) is 0 Å². The van der Waals surface area contributed by atoms with Crippen LogP contribution in [0.3, 0.4) is 0 Å². The molecule has 110 valence electrons. The van der Waals surface area contributed by atoms with Gasteiger partial charge in [0.05, 0.1) is 5.75 Å². The molecule has 1 aromatic heterocycles. The Balaban J connectivity index is 1.92. The van der Waals surface area contributed by atoms with Crippen LogP contribution in [0.1, 0.15) is 18.9 Å². The SMILES string of the molecule is O=C(CSc1nc(=O)ccn1C1CC1)NCC(F)(F)F. The van der Waals surface area contributed by atoms with E-state index >= 15 is 0 Å². The Hall–Kier alpha value is -1.51. The first-order valence-electron chi connectivity index (χ1n) is 5.90. The molecule has 0 saturated heterocycles. The quantitative estimate of drug-likeness (QED) is 0.659. The number of hydrogen-bond acceptors (Lipinski definition) is 4. The van der Waals surface area contributed by atoms with E-state index in [1.165, 1.54) is 6.07 Å². The highest BCUT2D eigenvalue weighted by atomic mass is 32.2. The van der Waals surface area contributed by atoms with E-state index < -0.39 is 24.2 Å². The van der Waals surface area contributed by atoms with Gasteiger partial charge in [0.15, 0.2) is 5.16 Å². The second kappa shape index (κ2) is 5.86. The van der Waals surface area contributed by atoms with Gasteiger partial charge in [0.1, 0.15) is 6.54 Å². The van der Waals surface area contributed by atoms with Gasteiger partial charge in [0.25, 0.3) is 5.56 Å². The first-order valence-corrected chi connectivity index (χ1v) is 6.89. The minimum Gasteiger partial charge on any atom is -0.346 e. The third-order valence-electron chi connectivity index (χ3n) is 2.56. The predicted octanol–water partition coefficient (Wildman–Crippen LogP) is 1.35. The molecule has 9 heteroatoms. The molecule has 0 aromatic carbocycles. The molecule has 0 atom stereocenters. The van der Waals surface area contributed by atoms with Crippen molar-refractivity contribution in [1.82, 2.24) is 14.9 Å². The van der Waals surface area contributed by atoms with Gasteiger partial charge in [-0.3, -0.25) is 9.59 Å². The third kappa shape index (κ3) is 4.55. The molecule has 1 fully saturated rings. The molecule has 1 aliphatic carbocycles. The molecule has 1 aromatic rings. The lowest BCUT2D eigenvalue weighted by Gasteiger charge is -2.11. The molecule has 2 rings (SSSR count). The lowest BCUT2D eigenvalue weighted by Crippen LogP contribution is -2.34.